The number of fused-ring (bicyclic) bond motifs is 2. The first-order chi connectivity index (χ1) is 18.7. The number of aryl methyl sites for hydroxylation is 1. The van der Waals surface area contributed by atoms with Gasteiger partial charge in [0, 0.05) is 25.7 Å². The fourth-order valence-corrected chi connectivity index (χ4v) is 6.46. The molecule has 1 N–H and O–H groups in total. The van der Waals surface area contributed by atoms with Gasteiger partial charge in [0.1, 0.15) is 27.8 Å². The van der Waals surface area contributed by atoms with Gasteiger partial charge in [-0.2, -0.15) is 4.31 Å². The predicted molar refractivity (Wildman–Crippen MR) is 142 cm³/mol. The number of ether oxygens (including phenoxy) is 2. The van der Waals surface area contributed by atoms with Crippen molar-refractivity contribution in [2.45, 2.75) is 43.2 Å². The minimum Gasteiger partial charge on any atom is -0.494 e. The average molecular weight is 552 g/mol. The Labute approximate surface area is 226 Å². The second-order valence-electron chi connectivity index (χ2n) is 9.45. The fraction of sp³-hybridized carbons (Fsp3) is 0.333. The van der Waals surface area contributed by atoms with E-state index in [2.05, 4.69) is 15.3 Å². The zero-order chi connectivity index (χ0) is 27.7. The minimum atomic E-state index is -3.88. The summed E-state index contributed by atoms with van der Waals surface area (Å²) >= 11 is 0. The van der Waals surface area contributed by atoms with E-state index in [-0.39, 0.29) is 36.4 Å². The highest BCUT2D eigenvalue weighted by Crippen LogP contribution is 2.36. The molecule has 0 radical (unpaired) electrons. The van der Waals surface area contributed by atoms with Gasteiger partial charge in [0.15, 0.2) is 0 Å². The molecule has 0 fully saturated rings. The van der Waals surface area contributed by atoms with Crippen molar-refractivity contribution < 1.29 is 27.8 Å². The molecular weight excluding hydrogens is 522 g/mol. The average Bonchev–Trinajstić information content (AvgIpc) is 3.26. The Bertz CT molecular complexity index is 1640. The molecular formula is C27H29N5O6S. The van der Waals surface area contributed by atoms with E-state index >= 15 is 0 Å². The number of aliphatic carboxylic acids is 1. The monoisotopic (exact) mass is 551 g/mol. The normalized spacial score (nSPS) is 17.7. The van der Waals surface area contributed by atoms with Crippen molar-refractivity contribution >= 4 is 27.0 Å². The Morgan fingerprint density at radius 3 is 2.77 bits per heavy atom. The van der Waals surface area contributed by atoms with Gasteiger partial charge in [0.05, 0.1) is 20.1 Å². The number of carboxylic acid groups (broad SMARTS) is 1. The number of pyridine rings is 1. The molecule has 12 heteroatoms. The lowest BCUT2D eigenvalue weighted by atomic mass is 9.87. The van der Waals surface area contributed by atoms with Crippen LogP contribution in [0.5, 0.6) is 11.6 Å². The number of aromatic nitrogens is 4. The number of carbonyl (C=O) groups is 1. The molecule has 11 nitrogen and oxygen atoms in total. The first-order valence-corrected chi connectivity index (χ1v) is 13.9. The third kappa shape index (κ3) is 5.17. The van der Waals surface area contributed by atoms with E-state index in [1.165, 1.54) is 16.6 Å². The van der Waals surface area contributed by atoms with Crippen LogP contribution in [0.1, 0.15) is 42.4 Å². The van der Waals surface area contributed by atoms with E-state index in [4.69, 9.17) is 9.47 Å². The van der Waals surface area contributed by atoms with Gasteiger partial charge in [-0.15, -0.1) is 5.10 Å². The number of hydrogen-bond donors (Lipinski definition) is 1. The van der Waals surface area contributed by atoms with Crippen molar-refractivity contribution in [3.05, 3.63) is 71.4 Å². The smallest absolute Gasteiger partial charge is 0.304 e. The standard InChI is InChI=1S/C27H29N5O6S/c1-4-20-16-32(39(35,36)24-9-6-10-28-27(24)38-20)15-17-7-5-8-18(11-17)21(14-25(33)34)19-12-22-26(23(13-19)37-3)31(2)30-29-22/h5-13,20-21H,4,14-16H2,1-3H3,(H,33,34). The third-order valence-corrected chi connectivity index (χ3v) is 8.72. The van der Waals surface area contributed by atoms with E-state index in [1.54, 1.807) is 31.0 Å². The van der Waals surface area contributed by atoms with Crippen molar-refractivity contribution in [1.29, 1.82) is 0 Å². The molecule has 204 valence electrons. The Kier molecular flexibility index (Phi) is 7.23. The van der Waals surface area contributed by atoms with Crippen molar-refractivity contribution in [3.63, 3.8) is 0 Å². The summed E-state index contributed by atoms with van der Waals surface area (Å²) in [4.78, 5) is 16.1. The van der Waals surface area contributed by atoms with Crippen molar-refractivity contribution in [1.82, 2.24) is 24.3 Å². The fourth-order valence-electron chi connectivity index (χ4n) is 4.93. The number of sulfonamides is 1. The predicted octanol–water partition coefficient (Wildman–Crippen LogP) is 3.34. The summed E-state index contributed by atoms with van der Waals surface area (Å²) in [5.74, 6) is -0.851. The van der Waals surface area contributed by atoms with E-state index in [0.29, 0.717) is 28.8 Å². The summed E-state index contributed by atoms with van der Waals surface area (Å²) in [5.41, 5.74) is 3.46. The highest BCUT2D eigenvalue weighted by Gasteiger charge is 2.35. The van der Waals surface area contributed by atoms with Gasteiger partial charge >= 0.3 is 5.97 Å². The number of hydrogen-bond acceptors (Lipinski definition) is 8. The molecule has 2 aromatic heterocycles. The molecule has 0 saturated heterocycles. The van der Waals surface area contributed by atoms with Gasteiger partial charge in [0.25, 0.3) is 0 Å². The summed E-state index contributed by atoms with van der Waals surface area (Å²) in [5, 5.41) is 18.0. The lowest BCUT2D eigenvalue weighted by Gasteiger charge is -2.23. The maximum Gasteiger partial charge on any atom is 0.304 e. The molecule has 2 atom stereocenters. The van der Waals surface area contributed by atoms with E-state index < -0.39 is 21.9 Å². The molecule has 0 spiro atoms. The number of methoxy groups -OCH3 is 1. The number of nitrogens with zero attached hydrogens (tertiary/aromatic N) is 5. The number of rotatable bonds is 8. The summed E-state index contributed by atoms with van der Waals surface area (Å²) < 4.78 is 41.6. The Morgan fingerprint density at radius 2 is 2.03 bits per heavy atom. The van der Waals surface area contributed by atoms with Gasteiger partial charge in [-0.3, -0.25) is 4.79 Å². The van der Waals surface area contributed by atoms with Crippen LogP contribution in [0.25, 0.3) is 11.0 Å². The molecule has 1 aliphatic rings. The third-order valence-electron chi connectivity index (χ3n) is 6.90. The highest BCUT2D eigenvalue weighted by atomic mass is 32.2. The van der Waals surface area contributed by atoms with Crippen LogP contribution < -0.4 is 9.47 Å². The van der Waals surface area contributed by atoms with Crippen molar-refractivity contribution in [2.75, 3.05) is 13.7 Å². The molecule has 39 heavy (non-hydrogen) atoms. The summed E-state index contributed by atoms with van der Waals surface area (Å²) in [7, 11) is -0.576. The van der Waals surface area contributed by atoms with Crippen LogP contribution in [0, 0.1) is 0 Å². The quantitative estimate of drug-likeness (QED) is 0.350. The van der Waals surface area contributed by atoms with Gasteiger partial charge in [-0.1, -0.05) is 36.4 Å². The first kappa shape index (κ1) is 26.6. The topological polar surface area (TPSA) is 137 Å². The Morgan fingerprint density at radius 1 is 1.21 bits per heavy atom. The maximum atomic E-state index is 13.6. The second kappa shape index (κ2) is 10.6. The molecule has 2 aromatic carbocycles. The molecule has 0 aliphatic carbocycles. The van der Waals surface area contributed by atoms with Crippen LogP contribution in [-0.2, 0) is 28.4 Å². The lowest BCUT2D eigenvalue weighted by Crippen LogP contribution is -2.36. The molecule has 5 rings (SSSR count). The largest absolute Gasteiger partial charge is 0.494 e. The molecule has 3 heterocycles. The number of benzene rings is 2. The van der Waals surface area contributed by atoms with Crippen LogP contribution >= 0.6 is 0 Å². The lowest BCUT2D eigenvalue weighted by molar-refractivity contribution is -0.137. The highest BCUT2D eigenvalue weighted by molar-refractivity contribution is 7.89. The zero-order valence-corrected chi connectivity index (χ0v) is 22.6. The molecule has 2 unspecified atom stereocenters. The van der Waals surface area contributed by atoms with Gasteiger partial charge < -0.3 is 14.6 Å². The van der Waals surface area contributed by atoms with E-state index in [0.717, 1.165) is 11.1 Å². The Balaban J connectivity index is 1.53. The summed E-state index contributed by atoms with van der Waals surface area (Å²) in [6, 6.07) is 14.0. The molecule has 0 amide bonds. The van der Waals surface area contributed by atoms with Crippen LogP contribution in [0.2, 0.25) is 0 Å². The molecule has 1 aliphatic heterocycles. The Hall–Kier alpha value is -4.03. The zero-order valence-electron chi connectivity index (χ0n) is 21.8. The van der Waals surface area contributed by atoms with Gasteiger partial charge in [-0.05, 0) is 47.4 Å². The maximum absolute atomic E-state index is 13.6. The number of carboxylic acids is 1. The first-order valence-electron chi connectivity index (χ1n) is 12.5. The van der Waals surface area contributed by atoms with Crippen molar-refractivity contribution in [2.24, 2.45) is 7.05 Å². The summed E-state index contributed by atoms with van der Waals surface area (Å²) in [6.07, 6.45) is 1.58. The molecule has 4 aromatic rings. The minimum absolute atomic E-state index is 0.0326. The van der Waals surface area contributed by atoms with E-state index in [1.807, 2.05) is 37.3 Å². The van der Waals surface area contributed by atoms with Crippen LogP contribution in [0.3, 0.4) is 0 Å². The van der Waals surface area contributed by atoms with E-state index in [9.17, 15) is 18.3 Å². The van der Waals surface area contributed by atoms with Crippen LogP contribution in [0.15, 0.2) is 59.6 Å². The molecule has 0 bridgehead atoms. The van der Waals surface area contributed by atoms with Crippen LogP contribution in [0.4, 0.5) is 0 Å². The second-order valence-corrected chi connectivity index (χ2v) is 11.4. The van der Waals surface area contributed by atoms with Crippen LogP contribution in [-0.4, -0.2) is 63.5 Å². The SMILES string of the molecule is CCC1CN(Cc2cccc(C(CC(=O)O)c3cc(OC)c4c(c3)nnn4C)c2)S(=O)(=O)c2cccnc2O1. The van der Waals surface area contributed by atoms with Crippen molar-refractivity contribution in [3.8, 4) is 11.6 Å². The van der Waals surface area contributed by atoms with Gasteiger partial charge in [0.2, 0.25) is 15.9 Å². The molecule has 0 saturated carbocycles. The summed E-state index contributed by atoms with van der Waals surface area (Å²) in [6.45, 7) is 2.19. The van der Waals surface area contributed by atoms with Gasteiger partial charge in [-0.25, -0.2) is 18.1 Å².